The molecule has 0 saturated carbocycles. The fraction of sp³-hybridized carbons (Fsp3) is 0.455. The first-order valence-electron chi connectivity index (χ1n) is 9.87. The van der Waals surface area contributed by atoms with Crippen LogP contribution >= 0.6 is 11.3 Å². The van der Waals surface area contributed by atoms with E-state index in [0.717, 1.165) is 52.3 Å². The van der Waals surface area contributed by atoms with Crippen LogP contribution in [0.25, 0.3) is 20.8 Å². The summed E-state index contributed by atoms with van der Waals surface area (Å²) >= 11 is 1.69. The molecule has 0 spiro atoms. The first-order valence-corrected chi connectivity index (χ1v) is 10.7. The highest BCUT2D eigenvalue weighted by Crippen LogP contribution is 2.33. The van der Waals surface area contributed by atoms with Gasteiger partial charge in [-0.1, -0.05) is 32.6 Å². The van der Waals surface area contributed by atoms with Crippen molar-refractivity contribution in [2.24, 2.45) is 0 Å². The molecule has 0 bridgehead atoms. The molecule has 0 aromatic heterocycles. The first kappa shape index (κ1) is 17.5. The molecule has 2 aliphatic heterocycles. The molecule has 4 rings (SSSR count). The van der Waals surface area contributed by atoms with E-state index in [1.165, 1.54) is 37.8 Å². The third-order valence-electron chi connectivity index (χ3n) is 5.32. The van der Waals surface area contributed by atoms with E-state index in [-0.39, 0.29) is 5.43 Å². The summed E-state index contributed by atoms with van der Waals surface area (Å²) in [6.45, 7) is 4.51. The maximum absolute atomic E-state index is 12.5. The van der Waals surface area contributed by atoms with Crippen molar-refractivity contribution in [3.05, 3.63) is 46.1 Å². The number of hydrogen-bond acceptors (Lipinski definition) is 4. The van der Waals surface area contributed by atoms with Crippen LogP contribution in [0.4, 0.5) is 5.69 Å². The molecule has 1 fully saturated rings. The molecule has 136 valence electrons. The Morgan fingerprint density at radius 1 is 1.08 bits per heavy atom. The largest absolute Gasteiger partial charge is 0.371 e. The van der Waals surface area contributed by atoms with Crippen LogP contribution in [-0.4, -0.2) is 18.1 Å². The minimum Gasteiger partial charge on any atom is -0.371 e. The van der Waals surface area contributed by atoms with E-state index in [4.69, 9.17) is 4.98 Å². The van der Waals surface area contributed by atoms with Crippen molar-refractivity contribution in [2.75, 3.05) is 18.0 Å². The molecule has 1 aromatic carbocycles. The molecule has 0 unspecified atom stereocenters. The van der Waals surface area contributed by atoms with E-state index < -0.39 is 0 Å². The van der Waals surface area contributed by atoms with E-state index >= 15 is 0 Å². The second-order valence-electron chi connectivity index (χ2n) is 7.30. The van der Waals surface area contributed by atoms with E-state index in [1.807, 2.05) is 6.07 Å². The summed E-state index contributed by atoms with van der Waals surface area (Å²) in [6.07, 6.45) is 8.25. The molecule has 1 saturated heterocycles. The van der Waals surface area contributed by atoms with E-state index in [2.05, 4.69) is 30.0 Å². The number of benzene rings is 2. The number of rotatable bonds is 7. The summed E-state index contributed by atoms with van der Waals surface area (Å²) in [6, 6.07) is 10.3. The van der Waals surface area contributed by atoms with Gasteiger partial charge in [-0.2, -0.15) is 0 Å². The predicted molar refractivity (Wildman–Crippen MR) is 112 cm³/mol. The van der Waals surface area contributed by atoms with E-state index in [0.29, 0.717) is 0 Å². The van der Waals surface area contributed by atoms with Gasteiger partial charge in [0.15, 0.2) is 5.43 Å². The van der Waals surface area contributed by atoms with E-state index in [9.17, 15) is 4.79 Å². The summed E-state index contributed by atoms with van der Waals surface area (Å²) in [5, 5.41) is 0. The van der Waals surface area contributed by atoms with Crippen molar-refractivity contribution in [1.29, 1.82) is 0 Å². The lowest BCUT2D eigenvalue weighted by Gasteiger charge is -2.33. The number of nitrogens with zero attached hydrogens (tertiary/aromatic N) is 2. The minimum atomic E-state index is 0.171. The Morgan fingerprint density at radius 3 is 2.69 bits per heavy atom. The molecule has 4 heteroatoms. The zero-order valence-electron chi connectivity index (χ0n) is 15.5. The lowest BCUT2D eigenvalue weighted by Crippen LogP contribution is -2.36. The Labute approximate surface area is 159 Å². The van der Waals surface area contributed by atoms with Crippen molar-refractivity contribution < 1.29 is 0 Å². The molecule has 0 amide bonds. The van der Waals surface area contributed by atoms with E-state index in [1.54, 1.807) is 17.4 Å². The van der Waals surface area contributed by atoms with Gasteiger partial charge < -0.3 is 4.90 Å². The highest BCUT2D eigenvalue weighted by Gasteiger charge is 2.16. The Balaban J connectivity index is 1.60. The zero-order valence-corrected chi connectivity index (χ0v) is 16.3. The molecule has 1 aromatic rings. The highest BCUT2D eigenvalue weighted by atomic mass is 32.1. The predicted octanol–water partition coefficient (Wildman–Crippen LogP) is 5.48. The second-order valence-corrected chi connectivity index (χ2v) is 8.38. The van der Waals surface area contributed by atoms with Crippen molar-refractivity contribution in [3.63, 3.8) is 0 Å². The molecular weight excluding hydrogens is 340 g/mol. The summed E-state index contributed by atoms with van der Waals surface area (Å²) in [4.78, 5) is 20.7. The number of aromatic nitrogens is 1. The van der Waals surface area contributed by atoms with Crippen LogP contribution in [0, 0.1) is 0 Å². The smallest absolute Gasteiger partial charge is 0.183 e. The first-order chi connectivity index (χ1) is 12.7. The summed E-state index contributed by atoms with van der Waals surface area (Å²) in [5.74, 6) is 0. The second kappa shape index (κ2) is 7.75. The maximum Gasteiger partial charge on any atom is 0.183 e. The van der Waals surface area contributed by atoms with Crippen LogP contribution in [0.1, 0.15) is 51.0 Å². The van der Waals surface area contributed by atoms with Gasteiger partial charge in [-0.3, -0.25) is 4.79 Å². The topological polar surface area (TPSA) is 33.2 Å². The van der Waals surface area contributed by atoms with Crippen LogP contribution in [0.3, 0.4) is 0 Å². The Kier molecular flexibility index (Phi) is 5.21. The number of unbranched alkanes of at least 4 members (excludes halogenated alkanes) is 4. The fourth-order valence-corrected chi connectivity index (χ4v) is 4.58. The third kappa shape index (κ3) is 3.61. The number of hydrogen-bond donors (Lipinski definition) is 0. The molecule has 1 aliphatic carbocycles. The molecule has 3 aliphatic rings. The fourth-order valence-electron chi connectivity index (χ4n) is 3.57. The van der Waals surface area contributed by atoms with Crippen LogP contribution < -0.4 is 10.3 Å². The SMILES string of the molecule is CCCCCCCc1cc2nc3ccc(N4CCC4)cc3sc-2cc1=O. The molecule has 2 heterocycles. The monoisotopic (exact) mass is 366 g/mol. The van der Waals surface area contributed by atoms with Gasteiger partial charge in [0.25, 0.3) is 0 Å². The van der Waals surface area contributed by atoms with Crippen LogP contribution in [-0.2, 0) is 6.42 Å². The molecule has 26 heavy (non-hydrogen) atoms. The van der Waals surface area contributed by atoms with Crippen LogP contribution in [0.2, 0.25) is 0 Å². The highest BCUT2D eigenvalue weighted by molar-refractivity contribution is 7.21. The van der Waals surface area contributed by atoms with Crippen molar-refractivity contribution in [2.45, 2.75) is 51.9 Å². The average molecular weight is 367 g/mol. The minimum absolute atomic E-state index is 0.171. The lowest BCUT2D eigenvalue weighted by molar-refractivity contribution is 0.618. The zero-order chi connectivity index (χ0) is 17.9. The van der Waals surface area contributed by atoms with Gasteiger partial charge >= 0.3 is 0 Å². The molecular formula is C22H26N2OS. The standard InChI is InChI=1S/C22H26N2OS/c1-2-3-4-5-6-8-16-13-19-22(15-20(16)25)26-21-14-17(24-11-7-12-24)9-10-18(21)23-19/h9-10,13-15H,2-8,11-12H2,1H3. The van der Waals surface area contributed by atoms with Gasteiger partial charge in [-0.15, -0.1) is 11.3 Å². The average Bonchev–Trinajstić information content (AvgIpc) is 2.59. The van der Waals surface area contributed by atoms with Gasteiger partial charge in [-0.05, 0) is 43.5 Å². The Morgan fingerprint density at radius 2 is 1.92 bits per heavy atom. The van der Waals surface area contributed by atoms with Gasteiger partial charge in [-0.25, -0.2) is 4.98 Å². The summed E-state index contributed by atoms with van der Waals surface area (Å²) in [7, 11) is 0. The molecule has 0 radical (unpaired) electrons. The normalized spacial score (nSPS) is 14.1. The molecule has 0 atom stereocenters. The van der Waals surface area contributed by atoms with Crippen molar-refractivity contribution in [3.8, 4) is 10.6 Å². The number of fused-ring (bicyclic) bond motifs is 2. The summed E-state index contributed by atoms with van der Waals surface area (Å²) < 4.78 is 1.16. The quantitative estimate of drug-likeness (QED) is 0.410. The maximum atomic E-state index is 12.5. The molecule has 0 N–H and O–H groups in total. The molecule has 3 nitrogen and oxygen atoms in total. The van der Waals surface area contributed by atoms with Crippen LogP contribution in [0.5, 0.6) is 0 Å². The van der Waals surface area contributed by atoms with Crippen molar-refractivity contribution >= 4 is 27.2 Å². The lowest BCUT2D eigenvalue weighted by atomic mass is 10.0. The van der Waals surface area contributed by atoms with Crippen LogP contribution in [0.15, 0.2) is 35.1 Å². The number of anilines is 1. The van der Waals surface area contributed by atoms with Gasteiger partial charge in [0.1, 0.15) is 0 Å². The Hall–Kier alpha value is -1.94. The van der Waals surface area contributed by atoms with Gasteiger partial charge in [0.05, 0.1) is 20.8 Å². The Bertz CT molecular complexity index is 929. The number of aryl methyl sites for hydroxylation is 1. The third-order valence-corrected chi connectivity index (χ3v) is 6.41. The van der Waals surface area contributed by atoms with Gasteiger partial charge in [0, 0.05) is 30.4 Å². The summed E-state index contributed by atoms with van der Waals surface area (Å²) in [5.41, 5.74) is 4.35. The van der Waals surface area contributed by atoms with Gasteiger partial charge in [0.2, 0.25) is 0 Å². The van der Waals surface area contributed by atoms with Crippen molar-refractivity contribution in [1.82, 2.24) is 4.98 Å².